The lowest BCUT2D eigenvalue weighted by molar-refractivity contribution is 0.103. The first-order valence-electron chi connectivity index (χ1n) is 11.9. The normalized spacial score (nSPS) is 14.0. The van der Waals surface area contributed by atoms with E-state index in [0.717, 1.165) is 42.8 Å². The summed E-state index contributed by atoms with van der Waals surface area (Å²) in [5.74, 6) is 2.45. The highest BCUT2D eigenvalue weighted by molar-refractivity contribution is 6.09. The molecule has 0 saturated carbocycles. The molecule has 0 aliphatic carbocycles. The lowest BCUT2D eigenvalue weighted by atomic mass is 10.0. The van der Waals surface area contributed by atoms with E-state index in [9.17, 15) is 4.79 Å². The van der Waals surface area contributed by atoms with Gasteiger partial charge < -0.3 is 24.0 Å². The second kappa shape index (κ2) is 10.3. The van der Waals surface area contributed by atoms with Crippen molar-refractivity contribution < 1.29 is 19.0 Å². The number of methoxy groups -OCH3 is 2. The quantitative estimate of drug-likeness (QED) is 0.342. The van der Waals surface area contributed by atoms with Gasteiger partial charge in [-0.05, 0) is 67.7 Å². The van der Waals surface area contributed by atoms with Gasteiger partial charge in [0, 0.05) is 60.6 Å². The molecule has 7 nitrogen and oxygen atoms in total. The maximum absolute atomic E-state index is 13.1. The van der Waals surface area contributed by atoms with Gasteiger partial charge >= 0.3 is 0 Å². The number of carbonyl (C=O) groups is 1. The Morgan fingerprint density at radius 2 is 1.39 bits per heavy atom. The largest absolute Gasteiger partial charge is 0.493 e. The molecule has 4 aromatic rings. The summed E-state index contributed by atoms with van der Waals surface area (Å²) < 4.78 is 16.9. The fourth-order valence-electron chi connectivity index (χ4n) is 4.39. The van der Waals surface area contributed by atoms with Crippen molar-refractivity contribution in [1.82, 2.24) is 9.88 Å². The first-order chi connectivity index (χ1) is 17.6. The van der Waals surface area contributed by atoms with Crippen LogP contribution in [0.25, 0.3) is 10.9 Å². The van der Waals surface area contributed by atoms with E-state index < -0.39 is 0 Å². The van der Waals surface area contributed by atoms with Crippen LogP contribution < -0.4 is 19.1 Å². The molecule has 7 heteroatoms. The maximum Gasteiger partial charge on any atom is 0.193 e. The van der Waals surface area contributed by atoms with Crippen LogP contribution in [-0.2, 0) is 0 Å². The zero-order valence-corrected chi connectivity index (χ0v) is 20.7. The van der Waals surface area contributed by atoms with E-state index in [1.54, 1.807) is 50.7 Å². The summed E-state index contributed by atoms with van der Waals surface area (Å²) >= 11 is 0. The van der Waals surface area contributed by atoms with Gasteiger partial charge in [0.05, 0.1) is 19.7 Å². The molecule has 1 aliphatic rings. The van der Waals surface area contributed by atoms with Crippen molar-refractivity contribution in [2.24, 2.45) is 0 Å². The van der Waals surface area contributed by atoms with E-state index in [1.165, 1.54) is 0 Å². The number of carbonyl (C=O) groups excluding carboxylic acids is 1. The van der Waals surface area contributed by atoms with Crippen LogP contribution in [0, 0.1) is 0 Å². The van der Waals surface area contributed by atoms with Crippen molar-refractivity contribution >= 4 is 22.4 Å². The van der Waals surface area contributed by atoms with Gasteiger partial charge in [0.25, 0.3) is 0 Å². The number of pyridine rings is 1. The standard InChI is InChI=1S/C29H29N3O4/c1-31-14-16-32(17-15-31)22-8-4-20(5-9-22)29(33)21-6-10-23(11-7-21)36-26-12-13-30-25-19-28(35-3)27(34-2)18-24(25)26/h4-13,18-19H,14-17H2,1-3H3. The molecule has 5 rings (SSSR count). The summed E-state index contributed by atoms with van der Waals surface area (Å²) in [5.41, 5.74) is 3.17. The van der Waals surface area contributed by atoms with Crippen molar-refractivity contribution in [1.29, 1.82) is 0 Å². The first-order valence-corrected chi connectivity index (χ1v) is 11.9. The monoisotopic (exact) mass is 483 g/mol. The molecule has 36 heavy (non-hydrogen) atoms. The third kappa shape index (κ3) is 4.83. The van der Waals surface area contributed by atoms with E-state index in [-0.39, 0.29) is 5.78 Å². The third-order valence-electron chi connectivity index (χ3n) is 6.55. The van der Waals surface area contributed by atoms with E-state index in [1.807, 2.05) is 36.4 Å². The predicted molar refractivity (Wildman–Crippen MR) is 141 cm³/mol. The Bertz CT molecular complexity index is 1360. The number of benzene rings is 3. The van der Waals surface area contributed by atoms with Gasteiger partial charge in [0.15, 0.2) is 17.3 Å². The number of ether oxygens (including phenoxy) is 3. The van der Waals surface area contributed by atoms with E-state index in [2.05, 4.69) is 21.8 Å². The molecule has 184 valence electrons. The number of hydrogen-bond donors (Lipinski definition) is 0. The number of hydrogen-bond acceptors (Lipinski definition) is 7. The molecule has 0 unspecified atom stereocenters. The Hall–Kier alpha value is -4.10. The van der Waals surface area contributed by atoms with E-state index in [4.69, 9.17) is 14.2 Å². The maximum atomic E-state index is 13.1. The van der Waals surface area contributed by atoms with Gasteiger partial charge in [0.1, 0.15) is 11.5 Å². The Balaban J connectivity index is 1.31. The molecule has 0 N–H and O–H groups in total. The van der Waals surface area contributed by atoms with Gasteiger partial charge in [0.2, 0.25) is 0 Å². The van der Waals surface area contributed by atoms with Crippen LogP contribution in [0.15, 0.2) is 72.9 Å². The van der Waals surface area contributed by atoms with Crippen LogP contribution >= 0.6 is 0 Å². The summed E-state index contributed by atoms with van der Waals surface area (Å²) in [4.78, 5) is 22.2. The van der Waals surface area contributed by atoms with E-state index in [0.29, 0.717) is 34.1 Å². The van der Waals surface area contributed by atoms with Crippen molar-refractivity contribution in [2.45, 2.75) is 0 Å². The van der Waals surface area contributed by atoms with Crippen molar-refractivity contribution in [2.75, 3.05) is 52.3 Å². The summed E-state index contributed by atoms with van der Waals surface area (Å²) in [6.45, 7) is 4.09. The minimum absolute atomic E-state index is 0.0160. The number of anilines is 1. The lowest BCUT2D eigenvalue weighted by Crippen LogP contribution is -2.44. The highest BCUT2D eigenvalue weighted by atomic mass is 16.5. The number of piperazine rings is 1. The summed E-state index contributed by atoms with van der Waals surface area (Å²) in [6, 6.07) is 20.5. The molecular formula is C29H29N3O4. The van der Waals surface area contributed by atoms with Gasteiger partial charge in [-0.25, -0.2) is 0 Å². The molecule has 1 fully saturated rings. The number of likely N-dealkylation sites (N-methyl/N-ethyl adjacent to an activating group) is 1. The van der Waals surface area contributed by atoms with Gasteiger partial charge in [-0.1, -0.05) is 0 Å². The molecule has 0 bridgehead atoms. The van der Waals surface area contributed by atoms with Crippen LogP contribution in [0.3, 0.4) is 0 Å². The van der Waals surface area contributed by atoms with Crippen LogP contribution in [0.4, 0.5) is 5.69 Å². The molecule has 0 amide bonds. The summed E-state index contributed by atoms with van der Waals surface area (Å²) in [6.07, 6.45) is 1.69. The Morgan fingerprint density at radius 1 is 0.778 bits per heavy atom. The SMILES string of the molecule is COc1cc2nccc(Oc3ccc(C(=O)c4ccc(N5CCN(C)CC5)cc4)cc3)c2cc1OC. The zero-order valence-electron chi connectivity index (χ0n) is 20.7. The number of ketones is 1. The Labute approximate surface area is 210 Å². The number of rotatable bonds is 7. The topological polar surface area (TPSA) is 64.1 Å². The smallest absolute Gasteiger partial charge is 0.193 e. The van der Waals surface area contributed by atoms with E-state index >= 15 is 0 Å². The number of nitrogens with zero attached hydrogens (tertiary/aromatic N) is 3. The average Bonchev–Trinajstić information content (AvgIpc) is 2.93. The molecule has 1 aromatic heterocycles. The van der Waals surface area contributed by atoms with Gasteiger partial charge in [-0.2, -0.15) is 0 Å². The molecule has 3 aromatic carbocycles. The molecule has 0 spiro atoms. The zero-order chi connectivity index (χ0) is 25.1. The molecule has 1 aliphatic heterocycles. The van der Waals surface area contributed by atoms with Gasteiger partial charge in [-0.3, -0.25) is 9.78 Å². The third-order valence-corrected chi connectivity index (χ3v) is 6.55. The molecule has 1 saturated heterocycles. The molecule has 0 atom stereocenters. The highest BCUT2D eigenvalue weighted by Gasteiger charge is 2.16. The fourth-order valence-corrected chi connectivity index (χ4v) is 4.39. The summed E-state index contributed by atoms with van der Waals surface area (Å²) in [7, 11) is 5.33. The lowest BCUT2D eigenvalue weighted by Gasteiger charge is -2.34. The molecule has 2 heterocycles. The van der Waals surface area contributed by atoms with Gasteiger partial charge in [-0.15, -0.1) is 0 Å². The summed E-state index contributed by atoms with van der Waals surface area (Å²) in [5, 5.41) is 0.802. The molecule has 0 radical (unpaired) electrons. The van der Waals surface area contributed by atoms with Crippen molar-refractivity contribution in [3.05, 3.63) is 84.1 Å². The first kappa shape index (κ1) is 23.6. The van der Waals surface area contributed by atoms with Crippen LogP contribution in [0.2, 0.25) is 0 Å². The fraction of sp³-hybridized carbons (Fsp3) is 0.241. The molecular weight excluding hydrogens is 454 g/mol. The van der Waals surface area contributed by atoms with Crippen molar-refractivity contribution in [3.8, 4) is 23.0 Å². The minimum Gasteiger partial charge on any atom is -0.493 e. The Kier molecular flexibility index (Phi) is 6.73. The van der Waals surface area contributed by atoms with Crippen LogP contribution in [0.1, 0.15) is 15.9 Å². The second-order valence-electron chi connectivity index (χ2n) is 8.83. The predicted octanol–water partition coefficient (Wildman–Crippen LogP) is 5.03. The van der Waals surface area contributed by atoms with Crippen LogP contribution in [-0.4, -0.2) is 63.1 Å². The Morgan fingerprint density at radius 3 is 2.03 bits per heavy atom. The highest BCUT2D eigenvalue weighted by Crippen LogP contribution is 2.37. The number of fused-ring (bicyclic) bond motifs is 1. The van der Waals surface area contributed by atoms with Crippen LogP contribution in [0.5, 0.6) is 23.0 Å². The van der Waals surface area contributed by atoms with Crippen molar-refractivity contribution in [3.63, 3.8) is 0 Å². The average molecular weight is 484 g/mol. The number of aromatic nitrogens is 1. The second-order valence-corrected chi connectivity index (χ2v) is 8.83. The minimum atomic E-state index is -0.0160.